The van der Waals surface area contributed by atoms with Gasteiger partial charge in [0.2, 0.25) is 0 Å². The van der Waals surface area contributed by atoms with Crippen LogP contribution in [-0.4, -0.2) is 52.1 Å². The van der Waals surface area contributed by atoms with Crippen molar-refractivity contribution in [3.63, 3.8) is 0 Å². The molecule has 2 N–H and O–H groups in total. The number of para-hydroxylation sites is 1. The molecule has 0 heterocycles. The molecule has 0 saturated carbocycles. The molecular formula is C15H25N3O3S. The smallest absolute Gasteiger partial charge is 0.191 e. The van der Waals surface area contributed by atoms with Crippen molar-refractivity contribution in [2.45, 2.75) is 13.8 Å². The molecule has 0 spiro atoms. The van der Waals surface area contributed by atoms with Crippen molar-refractivity contribution in [1.29, 1.82) is 0 Å². The zero-order valence-corrected chi connectivity index (χ0v) is 14.0. The first-order valence-electron chi connectivity index (χ1n) is 7.48. The highest BCUT2D eigenvalue weighted by Crippen LogP contribution is 2.07. The second-order valence-electron chi connectivity index (χ2n) is 4.59. The van der Waals surface area contributed by atoms with E-state index in [1.807, 2.05) is 37.3 Å². The number of rotatable bonds is 9. The molecule has 0 unspecified atom stereocenters. The quantitative estimate of drug-likeness (QED) is 0.403. The number of aliphatic imine (C=N–C) groups is 1. The van der Waals surface area contributed by atoms with Crippen molar-refractivity contribution in [3.8, 4) is 5.75 Å². The molecule has 1 aromatic carbocycles. The Morgan fingerprint density at radius 2 is 1.91 bits per heavy atom. The van der Waals surface area contributed by atoms with Gasteiger partial charge in [-0.15, -0.1) is 0 Å². The maximum absolute atomic E-state index is 11.4. The van der Waals surface area contributed by atoms with Gasteiger partial charge in [0.15, 0.2) is 15.8 Å². The molecule has 6 nitrogen and oxygen atoms in total. The SMILES string of the molecule is CCNC(=NCCS(=O)(=O)CC)NCCOc1ccccc1. The Morgan fingerprint density at radius 3 is 2.55 bits per heavy atom. The van der Waals surface area contributed by atoms with Crippen LogP contribution in [0.15, 0.2) is 35.3 Å². The molecule has 0 saturated heterocycles. The number of ether oxygens (including phenoxy) is 1. The summed E-state index contributed by atoms with van der Waals surface area (Å²) in [4.78, 5) is 4.25. The molecule has 0 fully saturated rings. The minimum atomic E-state index is -2.98. The van der Waals surface area contributed by atoms with Crippen LogP contribution in [0.1, 0.15) is 13.8 Å². The summed E-state index contributed by atoms with van der Waals surface area (Å²) in [5.41, 5.74) is 0. The van der Waals surface area contributed by atoms with Gasteiger partial charge < -0.3 is 15.4 Å². The lowest BCUT2D eigenvalue weighted by molar-refractivity contribution is 0.322. The predicted molar refractivity (Wildman–Crippen MR) is 90.2 cm³/mol. The van der Waals surface area contributed by atoms with E-state index in [2.05, 4.69) is 15.6 Å². The van der Waals surface area contributed by atoms with Gasteiger partial charge >= 0.3 is 0 Å². The molecule has 0 atom stereocenters. The molecule has 0 radical (unpaired) electrons. The fourth-order valence-electron chi connectivity index (χ4n) is 1.64. The van der Waals surface area contributed by atoms with E-state index in [0.29, 0.717) is 25.7 Å². The average Bonchev–Trinajstić information content (AvgIpc) is 2.52. The number of sulfone groups is 1. The van der Waals surface area contributed by atoms with Gasteiger partial charge in [-0.3, -0.25) is 4.99 Å². The highest BCUT2D eigenvalue weighted by molar-refractivity contribution is 7.91. The summed E-state index contributed by atoms with van der Waals surface area (Å²) in [6.45, 7) is 5.66. The first-order chi connectivity index (χ1) is 10.6. The lowest BCUT2D eigenvalue weighted by Crippen LogP contribution is -2.39. The number of nitrogens with one attached hydrogen (secondary N) is 2. The minimum Gasteiger partial charge on any atom is -0.492 e. The summed E-state index contributed by atoms with van der Waals surface area (Å²) >= 11 is 0. The fraction of sp³-hybridized carbons (Fsp3) is 0.533. The molecule has 22 heavy (non-hydrogen) atoms. The van der Waals surface area contributed by atoms with Crippen molar-refractivity contribution in [2.24, 2.45) is 4.99 Å². The normalized spacial score (nSPS) is 12.0. The summed E-state index contributed by atoms with van der Waals surface area (Å²) in [5.74, 6) is 1.64. The molecule has 7 heteroatoms. The van der Waals surface area contributed by atoms with E-state index in [9.17, 15) is 8.42 Å². The summed E-state index contributed by atoms with van der Waals surface area (Å²) < 4.78 is 28.4. The van der Waals surface area contributed by atoms with Gasteiger partial charge in [0.25, 0.3) is 0 Å². The molecule has 0 aromatic heterocycles. The Balaban J connectivity index is 2.34. The fourth-order valence-corrected chi connectivity index (χ4v) is 2.30. The van der Waals surface area contributed by atoms with Gasteiger partial charge in [0, 0.05) is 12.3 Å². The number of hydrogen-bond acceptors (Lipinski definition) is 4. The Labute approximate surface area is 132 Å². The van der Waals surface area contributed by atoms with E-state index in [0.717, 1.165) is 5.75 Å². The van der Waals surface area contributed by atoms with Crippen LogP contribution in [0, 0.1) is 0 Å². The lowest BCUT2D eigenvalue weighted by atomic mass is 10.3. The van der Waals surface area contributed by atoms with Crippen LogP contribution < -0.4 is 15.4 Å². The molecule has 0 aliphatic carbocycles. The van der Waals surface area contributed by atoms with Gasteiger partial charge in [-0.1, -0.05) is 25.1 Å². The van der Waals surface area contributed by atoms with Crippen LogP contribution in [-0.2, 0) is 9.84 Å². The number of benzene rings is 1. The first-order valence-corrected chi connectivity index (χ1v) is 9.30. The van der Waals surface area contributed by atoms with Gasteiger partial charge in [-0.2, -0.15) is 0 Å². The highest BCUT2D eigenvalue weighted by Gasteiger charge is 2.06. The van der Waals surface area contributed by atoms with Gasteiger partial charge in [-0.25, -0.2) is 8.42 Å². The number of hydrogen-bond donors (Lipinski definition) is 2. The zero-order valence-electron chi connectivity index (χ0n) is 13.2. The topological polar surface area (TPSA) is 79.8 Å². The third-order valence-electron chi connectivity index (χ3n) is 2.86. The third-order valence-corrected chi connectivity index (χ3v) is 4.55. The molecule has 124 valence electrons. The van der Waals surface area contributed by atoms with Gasteiger partial charge in [0.05, 0.1) is 18.8 Å². The first kappa shape index (κ1) is 18.3. The van der Waals surface area contributed by atoms with E-state index < -0.39 is 9.84 Å². The second-order valence-corrected chi connectivity index (χ2v) is 7.06. The molecular weight excluding hydrogens is 302 g/mol. The van der Waals surface area contributed by atoms with E-state index >= 15 is 0 Å². The Kier molecular flexibility index (Phi) is 8.35. The second kappa shape index (κ2) is 10.0. The monoisotopic (exact) mass is 327 g/mol. The standard InChI is InChI=1S/C15H25N3O3S/c1-3-16-15(18-11-13-22(19,20)4-2)17-10-12-21-14-8-6-5-7-9-14/h5-9H,3-4,10-13H2,1-2H3,(H2,16,17,18). The number of guanidine groups is 1. The summed E-state index contributed by atoms with van der Waals surface area (Å²) in [6, 6.07) is 9.57. The molecule has 0 bridgehead atoms. The van der Waals surface area contributed by atoms with E-state index in [1.165, 1.54) is 0 Å². The Bertz CT molecular complexity index is 544. The molecule has 1 aromatic rings. The highest BCUT2D eigenvalue weighted by atomic mass is 32.2. The van der Waals surface area contributed by atoms with E-state index in [-0.39, 0.29) is 18.1 Å². The third kappa shape index (κ3) is 7.87. The van der Waals surface area contributed by atoms with Crippen molar-refractivity contribution in [3.05, 3.63) is 30.3 Å². The van der Waals surface area contributed by atoms with Crippen molar-refractivity contribution < 1.29 is 13.2 Å². The van der Waals surface area contributed by atoms with Gasteiger partial charge in [0.1, 0.15) is 12.4 Å². The zero-order chi connectivity index (χ0) is 16.3. The van der Waals surface area contributed by atoms with E-state index in [4.69, 9.17) is 4.74 Å². The predicted octanol–water partition coefficient (Wildman–Crippen LogP) is 1.06. The maximum Gasteiger partial charge on any atom is 0.191 e. The molecule has 1 rings (SSSR count). The van der Waals surface area contributed by atoms with Crippen molar-refractivity contribution in [1.82, 2.24) is 10.6 Å². The maximum atomic E-state index is 11.4. The summed E-state index contributed by atoms with van der Waals surface area (Å²) in [6.07, 6.45) is 0. The van der Waals surface area contributed by atoms with Crippen molar-refractivity contribution in [2.75, 3.05) is 37.7 Å². The van der Waals surface area contributed by atoms with Crippen molar-refractivity contribution >= 4 is 15.8 Å². The lowest BCUT2D eigenvalue weighted by Gasteiger charge is -2.12. The van der Waals surface area contributed by atoms with Crippen LogP contribution in [0.25, 0.3) is 0 Å². The molecule has 0 amide bonds. The largest absolute Gasteiger partial charge is 0.492 e. The average molecular weight is 327 g/mol. The van der Waals surface area contributed by atoms with Crippen LogP contribution in [0.3, 0.4) is 0 Å². The molecule has 0 aliphatic heterocycles. The Hall–Kier alpha value is -1.76. The van der Waals surface area contributed by atoms with Crippen LogP contribution in [0.4, 0.5) is 0 Å². The molecule has 0 aliphatic rings. The van der Waals surface area contributed by atoms with E-state index in [1.54, 1.807) is 6.92 Å². The van der Waals surface area contributed by atoms with Gasteiger partial charge in [-0.05, 0) is 19.1 Å². The minimum absolute atomic E-state index is 0.0700. The number of nitrogens with zero attached hydrogens (tertiary/aromatic N) is 1. The van der Waals surface area contributed by atoms with Crippen LogP contribution in [0.2, 0.25) is 0 Å². The summed E-state index contributed by atoms with van der Waals surface area (Å²) in [7, 11) is -2.98. The van der Waals surface area contributed by atoms with Crippen LogP contribution in [0.5, 0.6) is 5.75 Å². The van der Waals surface area contributed by atoms with Crippen LogP contribution >= 0.6 is 0 Å². The summed E-state index contributed by atoms with van der Waals surface area (Å²) in [5, 5.41) is 6.19. The Morgan fingerprint density at radius 1 is 1.18 bits per heavy atom.